The first-order valence-electron chi connectivity index (χ1n) is 9.57. The van der Waals surface area contributed by atoms with E-state index in [1.165, 1.54) is 25.1 Å². The lowest BCUT2D eigenvalue weighted by Gasteiger charge is -2.31. The van der Waals surface area contributed by atoms with Crippen molar-refractivity contribution in [1.29, 1.82) is 0 Å². The van der Waals surface area contributed by atoms with Crippen LogP contribution in [0, 0.1) is 5.82 Å². The third kappa shape index (κ3) is 5.49. The van der Waals surface area contributed by atoms with E-state index in [1.54, 1.807) is 4.90 Å². The Kier molecular flexibility index (Phi) is 7.25. The number of carbonyl (C=O) groups is 2. The van der Waals surface area contributed by atoms with Crippen LogP contribution in [-0.2, 0) is 20.4 Å². The molecule has 1 unspecified atom stereocenters. The van der Waals surface area contributed by atoms with Crippen LogP contribution in [0.25, 0.3) is 0 Å². The van der Waals surface area contributed by atoms with Crippen molar-refractivity contribution < 1.29 is 36.6 Å². The lowest BCUT2D eigenvalue weighted by Crippen LogP contribution is -2.37. The van der Waals surface area contributed by atoms with Gasteiger partial charge in [-0.2, -0.15) is 13.2 Å². The van der Waals surface area contributed by atoms with E-state index >= 15 is 0 Å². The van der Waals surface area contributed by atoms with Gasteiger partial charge in [0.2, 0.25) is 0 Å². The van der Waals surface area contributed by atoms with Crippen LogP contribution in [0.3, 0.4) is 0 Å². The Morgan fingerprint density at radius 2 is 1.88 bits per heavy atom. The van der Waals surface area contributed by atoms with E-state index in [0.29, 0.717) is 32.0 Å². The van der Waals surface area contributed by atoms with Crippen molar-refractivity contribution >= 4 is 34.9 Å². The lowest BCUT2D eigenvalue weighted by molar-refractivity contribution is -0.137. The summed E-state index contributed by atoms with van der Waals surface area (Å²) in [5, 5.41) is 2.18. The van der Waals surface area contributed by atoms with Gasteiger partial charge in [0.25, 0.3) is 5.91 Å². The monoisotopic (exact) mass is 474 g/mol. The van der Waals surface area contributed by atoms with Crippen molar-refractivity contribution in [2.75, 3.05) is 36.5 Å². The molecule has 6 nitrogen and oxygen atoms in total. The first-order chi connectivity index (χ1) is 15.1. The highest BCUT2D eigenvalue weighted by molar-refractivity contribution is 6.33. The molecule has 1 heterocycles. The number of nitrogens with one attached hydrogen (secondary N) is 1. The predicted molar refractivity (Wildman–Crippen MR) is 109 cm³/mol. The number of ether oxygens (including phenoxy) is 2. The van der Waals surface area contributed by atoms with Crippen molar-refractivity contribution in [3.05, 3.63) is 58.4 Å². The minimum atomic E-state index is -4.62. The number of carbonyl (C=O) groups excluding carboxylic acids is 2. The summed E-state index contributed by atoms with van der Waals surface area (Å²) in [5.74, 6) is -2.99. The minimum absolute atomic E-state index is 0.0986. The van der Waals surface area contributed by atoms with E-state index in [-0.39, 0.29) is 10.7 Å². The fourth-order valence-corrected chi connectivity index (χ4v) is 3.33. The second-order valence-electron chi connectivity index (χ2n) is 6.96. The van der Waals surface area contributed by atoms with Crippen molar-refractivity contribution in [1.82, 2.24) is 0 Å². The number of hydrogen-bond acceptors (Lipinski definition) is 5. The Morgan fingerprint density at radius 3 is 2.50 bits per heavy atom. The van der Waals surface area contributed by atoms with Gasteiger partial charge < -0.3 is 19.7 Å². The zero-order valence-corrected chi connectivity index (χ0v) is 17.6. The van der Waals surface area contributed by atoms with Crippen LogP contribution < -0.4 is 10.2 Å². The van der Waals surface area contributed by atoms with Gasteiger partial charge >= 0.3 is 12.1 Å². The van der Waals surface area contributed by atoms with E-state index in [2.05, 4.69) is 5.32 Å². The van der Waals surface area contributed by atoms with Gasteiger partial charge in [0, 0.05) is 13.1 Å². The molecule has 1 N–H and O–H groups in total. The van der Waals surface area contributed by atoms with Gasteiger partial charge in [0.15, 0.2) is 6.10 Å². The maximum absolute atomic E-state index is 13.9. The van der Waals surface area contributed by atoms with Crippen molar-refractivity contribution in [2.24, 2.45) is 0 Å². The Morgan fingerprint density at radius 1 is 1.19 bits per heavy atom. The number of hydrogen-bond donors (Lipinski definition) is 1. The van der Waals surface area contributed by atoms with Gasteiger partial charge in [-0.05, 0) is 37.3 Å². The molecular formula is C21H19ClF4N2O4. The summed E-state index contributed by atoms with van der Waals surface area (Å²) in [6, 6.07) is 6.58. The van der Waals surface area contributed by atoms with Crippen LogP contribution in [-0.4, -0.2) is 44.3 Å². The Balaban J connectivity index is 1.81. The summed E-state index contributed by atoms with van der Waals surface area (Å²) in [6.07, 6.45) is -6.06. The molecule has 2 aromatic rings. The van der Waals surface area contributed by atoms with E-state index in [4.69, 9.17) is 21.1 Å². The lowest BCUT2D eigenvalue weighted by atomic mass is 10.1. The number of amides is 1. The fraction of sp³-hybridized carbons (Fsp3) is 0.333. The highest BCUT2D eigenvalue weighted by Crippen LogP contribution is 2.36. The van der Waals surface area contributed by atoms with Crippen molar-refractivity contribution in [2.45, 2.75) is 19.2 Å². The van der Waals surface area contributed by atoms with Crippen LogP contribution in [0.5, 0.6) is 0 Å². The molecule has 1 aliphatic heterocycles. The molecule has 1 fully saturated rings. The van der Waals surface area contributed by atoms with Crippen LogP contribution in [0.1, 0.15) is 22.8 Å². The van der Waals surface area contributed by atoms with Crippen LogP contribution >= 0.6 is 11.6 Å². The molecular weight excluding hydrogens is 456 g/mol. The largest absolute Gasteiger partial charge is 0.449 e. The zero-order chi connectivity index (χ0) is 23.5. The molecule has 0 bridgehead atoms. The Hall–Kier alpha value is -2.85. The summed E-state index contributed by atoms with van der Waals surface area (Å²) in [6.45, 7) is 2.82. The first-order valence-corrected chi connectivity index (χ1v) is 9.95. The Bertz CT molecular complexity index is 990. The van der Waals surface area contributed by atoms with Gasteiger partial charge in [-0.15, -0.1) is 0 Å². The van der Waals surface area contributed by atoms with E-state index in [1.807, 2.05) is 0 Å². The molecule has 172 valence electrons. The molecule has 0 saturated carbocycles. The molecule has 1 aliphatic rings. The summed E-state index contributed by atoms with van der Waals surface area (Å²) in [5.41, 5.74) is -1.22. The smallest absolute Gasteiger partial charge is 0.416 e. The average Bonchev–Trinajstić information content (AvgIpc) is 2.73. The third-order valence-corrected chi connectivity index (χ3v) is 5.07. The normalized spacial score (nSPS) is 15.2. The number of rotatable bonds is 5. The molecule has 0 aliphatic carbocycles. The predicted octanol–water partition coefficient (Wildman–Crippen LogP) is 4.52. The van der Waals surface area contributed by atoms with Crippen molar-refractivity contribution in [3.8, 4) is 0 Å². The van der Waals surface area contributed by atoms with Gasteiger partial charge in [-0.25, -0.2) is 9.18 Å². The number of anilines is 2. The summed E-state index contributed by atoms with van der Waals surface area (Å²) >= 11 is 5.82. The van der Waals surface area contributed by atoms with Crippen LogP contribution in [0.4, 0.5) is 28.9 Å². The molecule has 0 aromatic heterocycles. The summed E-state index contributed by atoms with van der Waals surface area (Å²) < 4.78 is 63.8. The summed E-state index contributed by atoms with van der Waals surface area (Å²) in [7, 11) is 0. The molecule has 32 heavy (non-hydrogen) atoms. The number of nitrogens with zero attached hydrogens (tertiary/aromatic N) is 1. The van der Waals surface area contributed by atoms with Gasteiger partial charge in [0.1, 0.15) is 11.4 Å². The van der Waals surface area contributed by atoms with Crippen molar-refractivity contribution in [3.63, 3.8) is 0 Å². The molecule has 1 saturated heterocycles. The number of alkyl halides is 3. The quantitative estimate of drug-likeness (QED) is 0.510. The zero-order valence-electron chi connectivity index (χ0n) is 16.8. The van der Waals surface area contributed by atoms with Crippen LogP contribution in [0.2, 0.25) is 5.02 Å². The first kappa shape index (κ1) is 23.8. The maximum atomic E-state index is 13.9. The molecule has 1 amide bonds. The SMILES string of the molecule is CC(OC(=O)c1c(F)cccc1Cl)C(=O)Nc1cc(C(F)(F)F)ccc1N1CCOCC1. The molecule has 1 atom stereocenters. The fourth-order valence-electron chi connectivity index (χ4n) is 3.09. The second kappa shape index (κ2) is 9.74. The number of halogens is 5. The number of benzene rings is 2. The standard InChI is InChI=1S/C21H19ClF4N2O4/c1-12(32-20(30)18-14(22)3-2-4-15(18)23)19(29)27-16-11-13(21(24,25)26)5-6-17(16)28-7-9-31-10-8-28/h2-6,11-12H,7-10H2,1H3,(H,27,29). The third-order valence-electron chi connectivity index (χ3n) is 4.75. The molecule has 3 rings (SSSR count). The minimum Gasteiger partial charge on any atom is -0.449 e. The topological polar surface area (TPSA) is 67.9 Å². The van der Waals surface area contributed by atoms with Gasteiger partial charge in [0.05, 0.1) is 35.2 Å². The average molecular weight is 475 g/mol. The second-order valence-corrected chi connectivity index (χ2v) is 7.37. The van der Waals surface area contributed by atoms with E-state index in [9.17, 15) is 27.2 Å². The maximum Gasteiger partial charge on any atom is 0.416 e. The van der Waals surface area contributed by atoms with E-state index < -0.39 is 41.1 Å². The van der Waals surface area contributed by atoms with Gasteiger partial charge in [-0.1, -0.05) is 17.7 Å². The highest BCUT2D eigenvalue weighted by atomic mass is 35.5. The molecule has 2 aromatic carbocycles. The number of morpholine rings is 1. The molecule has 0 radical (unpaired) electrons. The Labute approximate surface area is 186 Å². The van der Waals surface area contributed by atoms with E-state index in [0.717, 1.165) is 18.2 Å². The number of esters is 1. The highest BCUT2D eigenvalue weighted by Gasteiger charge is 2.32. The summed E-state index contributed by atoms with van der Waals surface area (Å²) in [4.78, 5) is 26.6. The van der Waals surface area contributed by atoms with Gasteiger partial charge in [-0.3, -0.25) is 4.79 Å². The molecule has 0 spiro atoms. The molecule has 11 heteroatoms. The van der Waals surface area contributed by atoms with Crippen LogP contribution in [0.15, 0.2) is 36.4 Å².